The molecule has 2 aliphatic heterocycles. The fourth-order valence-electron chi connectivity index (χ4n) is 3.93. The minimum Gasteiger partial charge on any atom is -0.484 e. The number of nitrogens with zero attached hydrogens (tertiary/aromatic N) is 3. The monoisotopic (exact) mass is 389 g/mol. The third-order valence-corrected chi connectivity index (χ3v) is 5.60. The largest absolute Gasteiger partial charge is 0.484 e. The van der Waals surface area contributed by atoms with Gasteiger partial charge in [-0.3, -0.25) is 14.5 Å². The molecule has 0 spiro atoms. The van der Waals surface area contributed by atoms with E-state index in [9.17, 15) is 9.59 Å². The fraction of sp³-hybridized carbons (Fsp3) is 0.619. The number of methoxy groups -OCH3 is 1. The zero-order valence-corrected chi connectivity index (χ0v) is 16.9. The second-order valence-electron chi connectivity index (χ2n) is 7.45. The van der Waals surface area contributed by atoms with E-state index < -0.39 is 0 Å². The maximum Gasteiger partial charge on any atom is 0.260 e. The Bertz CT molecular complexity index is 681. The number of aryl methyl sites for hydroxylation is 1. The lowest BCUT2D eigenvalue weighted by atomic mass is 10.2. The van der Waals surface area contributed by atoms with Gasteiger partial charge in [0, 0.05) is 46.4 Å². The molecule has 2 aliphatic rings. The van der Waals surface area contributed by atoms with Gasteiger partial charge in [-0.1, -0.05) is 18.2 Å². The topological polar surface area (TPSA) is 62.3 Å². The van der Waals surface area contributed by atoms with Crippen LogP contribution in [-0.4, -0.2) is 92.1 Å². The standard InChI is InChI=1S/C21H31N3O4/c1-17-6-3-4-7-19(17)28-16-20(25)23-10-5-9-22(12-13-23)18-8-11-24(21(18)26)14-15-27-2/h3-4,6-7,18H,5,8-16H2,1-2H3. The van der Waals surface area contributed by atoms with Gasteiger partial charge in [-0.25, -0.2) is 0 Å². The number of hydrogen-bond donors (Lipinski definition) is 0. The molecule has 1 aromatic carbocycles. The molecule has 1 aromatic rings. The third kappa shape index (κ3) is 5.02. The Labute approximate surface area is 167 Å². The van der Waals surface area contributed by atoms with E-state index >= 15 is 0 Å². The molecule has 1 atom stereocenters. The Morgan fingerprint density at radius 1 is 1.14 bits per heavy atom. The minimum atomic E-state index is -0.0601. The van der Waals surface area contributed by atoms with Crippen molar-refractivity contribution in [3.63, 3.8) is 0 Å². The SMILES string of the molecule is COCCN1CCC(N2CCCN(C(=O)COc3ccccc3C)CC2)C1=O. The Balaban J connectivity index is 1.49. The molecular formula is C21H31N3O4. The van der Waals surface area contributed by atoms with Crippen LogP contribution in [0.2, 0.25) is 0 Å². The number of amides is 2. The van der Waals surface area contributed by atoms with Crippen molar-refractivity contribution < 1.29 is 19.1 Å². The van der Waals surface area contributed by atoms with Crippen LogP contribution in [0.15, 0.2) is 24.3 Å². The second-order valence-corrected chi connectivity index (χ2v) is 7.45. The molecule has 28 heavy (non-hydrogen) atoms. The van der Waals surface area contributed by atoms with Crippen molar-refractivity contribution >= 4 is 11.8 Å². The van der Waals surface area contributed by atoms with Crippen LogP contribution in [0, 0.1) is 6.92 Å². The van der Waals surface area contributed by atoms with E-state index in [0.717, 1.165) is 43.8 Å². The van der Waals surface area contributed by atoms with Crippen molar-refractivity contribution in [3.05, 3.63) is 29.8 Å². The zero-order chi connectivity index (χ0) is 19.9. The van der Waals surface area contributed by atoms with E-state index in [-0.39, 0.29) is 24.5 Å². The molecule has 0 bridgehead atoms. The molecule has 3 rings (SSSR count). The van der Waals surface area contributed by atoms with Gasteiger partial charge >= 0.3 is 0 Å². The van der Waals surface area contributed by atoms with Crippen molar-refractivity contribution in [2.75, 3.05) is 59.6 Å². The summed E-state index contributed by atoms with van der Waals surface area (Å²) in [4.78, 5) is 31.2. The van der Waals surface area contributed by atoms with E-state index in [1.807, 2.05) is 41.0 Å². The predicted molar refractivity (Wildman–Crippen MR) is 106 cm³/mol. The molecule has 0 aromatic heterocycles. The summed E-state index contributed by atoms with van der Waals surface area (Å²) in [5.74, 6) is 0.948. The van der Waals surface area contributed by atoms with Crippen LogP contribution in [0.4, 0.5) is 0 Å². The maximum atomic E-state index is 12.7. The second kappa shape index (κ2) is 9.89. The molecule has 0 radical (unpaired) electrons. The molecule has 154 valence electrons. The van der Waals surface area contributed by atoms with E-state index in [1.165, 1.54) is 0 Å². The summed E-state index contributed by atoms with van der Waals surface area (Å²) in [7, 11) is 1.65. The third-order valence-electron chi connectivity index (χ3n) is 5.60. The summed E-state index contributed by atoms with van der Waals surface area (Å²) in [5.41, 5.74) is 1.02. The number of benzene rings is 1. The smallest absolute Gasteiger partial charge is 0.260 e. The van der Waals surface area contributed by atoms with Crippen molar-refractivity contribution in [2.24, 2.45) is 0 Å². The van der Waals surface area contributed by atoms with Crippen molar-refractivity contribution in [1.82, 2.24) is 14.7 Å². The Morgan fingerprint density at radius 2 is 1.96 bits per heavy atom. The molecule has 0 N–H and O–H groups in total. The Kier molecular flexibility index (Phi) is 7.28. The van der Waals surface area contributed by atoms with E-state index in [1.54, 1.807) is 7.11 Å². The maximum absolute atomic E-state index is 12.7. The number of para-hydroxylation sites is 1. The van der Waals surface area contributed by atoms with Gasteiger partial charge in [0.05, 0.1) is 12.6 Å². The molecule has 7 heteroatoms. The van der Waals surface area contributed by atoms with Crippen LogP contribution in [0.5, 0.6) is 5.75 Å². The molecule has 2 heterocycles. The molecule has 2 fully saturated rings. The number of likely N-dealkylation sites (tertiary alicyclic amines) is 1. The van der Waals surface area contributed by atoms with Crippen molar-refractivity contribution in [1.29, 1.82) is 0 Å². The van der Waals surface area contributed by atoms with Gasteiger partial charge in [0.25, 0.3) is 5.91 Å². The van der Waals surface area contributed by atoms with Crippen LogP contribution >= 0.6 is 0 Å². The number of carbonyl (C=O) groups is 2. The lowest BCUT2D eigenvalue weighted by Gasteiger charge is -2.26. The molecule has 2 saturated heterocycles. The van der Waals surface area contributed by atoms with Crippen molar-refractivity contribution in [2.45, 2.75) is 25.8 Å². The average molecular weight is 389 g/mol. The summed E-state index contributed by atoms with van der Waals surface area (Å²) in [6.07, 6.45) is 1.73. The highest BCUT2D eigenvalue weighted by molar-refractivity contribution is 5.84. The van der Waals surface area contributed by atoms with E-state index in [2.05, 4.69) is 4.90 Å². The van der Waals surface area contributed by atoms with Crippen LogP contribution in [0.1, 0.15) is 18.4 Å². The van der Waals surface area contributed by atoms with Gasteiger partial charge in [0.1, 0.15) is 5.75 Å². The lowest BCUT2D eigenvalue weighted by Crippen LogP contribution is -2.44. The first kappa shape index (κ1) is 20.6. The first-order valence-electron chi connectivity index (χ1n) is 10.1. The van der Waals surface area contributed by atoms with Gasteiger partial charge in [-0.15, -0.1) is 0 Å². The summed E-state index contributed by atoms with van der Waals surface area (Å²) < 4.78 is 10.8. The fourth-order valence-corrected chi connectivity index (χ4v) is 3.93. The lowest BCUT2D eigenvalue weighted by molar-refractivity contribution is -0.133. The molecule has 1 unspecified atom stereocenters. The molecule has 0 saturated carbocycles. The van der Waals surface area contributed by atoms with E-state index in [4.69, 9.17) is 9.47 Å². The highest BCUT2D eigenvalue weighted by Gasteiger charge is 2.36. The number of hydrogen-bond acceptors (Lipinski definition) is 5. The van der Waals surface area contributed by atoms with Gasteiger partial charge in [-0.05, 0) is 31.4 Å². The number of carbonyl (C=O) groups excluding carboxylic acids is 2. The van der Waals surface area contributed by atoms with Gasteiger partial charge in [0.2, 0.25) is 5.91 Å². The summed E-state index contributed by atoms with van der Waals surface area (Å²) in [5, 5.41) is 0. The van der Waals surface area contributed by atoms with Gasteiger partial charge in [-0.2, -0.15) is 0 Å². The van der Waals surface area contributed by atoms with Crippen LogP contribution < -0.4 is 4.74 Å². The van der Waals surface area contributed by atoms with E-state index in [0.29, 0.717) is 26.2 Å². The summed E-state index contributed by atoms with van der Waals surface area (Å²) in [6, 6.07) is 7.65. The van der Waals surface area contributed by atoms with Crippen molar-refractivity contribution in [3.8, 4) is 5.75 Å². The number of ether oxygens (including phenoxy) is 2. The summed E-state index contributed by atoms with van der Waals surface area (Å²) in [6.45, 7) is 6.95. The Hall–Kier alpha value is -2.12. The highest BCUT2D eigenvalue weighted by atomic mass is 16.5. The molecular weight excluding hydrogens is 358 g/mol. The van der Waals surface area contributed by atoms with Crippen LogP contribution in [0.3, 0.4) is 0 Å². The first-order chi connectivity index (χ1) is 13.6. The van der Waals surface area contributed by atoms with Crippen LogP contribution in [0.25, 0.3) is 0 Å². The predicted octanol–water partition coefficient (Wildman–Crippen LogP) is 1.16. The minimum absolute atomic E-state index is 0.00423. The van der Waals surface area contributed by atoms with Gasteiger partial charge < -0.3 is 19.3 Å². The van der Waals surface area contributed by atoms with Gasteiger partial charge in [0.15, 0.2) is 6.61 Å². The average Bonchev–Trinajstić information content (AvgIpc) is 2.91. The quantitative estimate of drug-likeness (QED) is 0.700. The molecule has 2 amide bonds. The van der Waals surface area contributed by atoms with Crippen LogP contribution in [-0.2, 0) is 14.3 Å². The first-order valence-corrected chi connectivity index (χ1v) is 10.1. The molecule has 0 aliphatic carbocycles. The normalized spacial score (nSPS) is 21.1. The Morgan fingerprint density at radius 3 is 2.75 bits per heavy atom. The molecule has 7 nitrogen and oxygen atoms in total. The highest BCUT2D eigenvalue weighted by Crippen LogP contribution is 2.20. The zero-order valence-electron chi connectivity index (χ0n) is 16.9. The number of rotatable bonds is 7. The summed E-state index contributed by atoms with van der Waals surface area (Å²) >= 11 is 0.